The van der Waals surface area contributed by atoms with Crippen LogP contribution >= 0.6 is 12.4 Å². The normalized spacial score (nSPS) is 17.4. The van der Waals surface area contributed by atoms with Crippen LogP contribution in [-0.2, 0) is 10.5 Å². The molecule has 0 spiro atoms. The number of hydrogen-bond acceptors (Lipinski definition) is 2. The molecular formula is C13H17ClF2N2O. The molecule has 1 aliphatic heterocycles. The fourth-order valence-corrected chi connectivity index (χ4v) is 2.18. The predicted molar refractivity (Wildman–Crippen MR) is 73.2 cm³/mol. The Labute approximate surface area is 117 Å². The number of benzene rings is 1. The molecule has 1 aliphatic rings. The largest absolute Gasteiger partial charge is 0.324 e. The first-order valence-corrected chi connectivity index (χ1v) is 6.00. The summed E-state index contributed by atoms with van der Waals surface area (Å²) in [6, 6.07) is 6.59. The number of hydrogen-bond donors (Lipinski definition) is 2. The lowest BCUT2D eigenvalue weighted by Gasteiger charge is -2.30. The van der Waals surface area contributed by atoms with Gasteiger partial charge in [-0.15, -0.1) is 12.4 Å². The van der Waals surface area contributed by atoms with Crippen molar-refractivity contribution in [1.82, 2.24) is 5.32 Å². The van der Waals surface area contributed by atoms with E-state index in [9.17, 15) is 13.6 Å². The lowest BCUT2D eigenvalue weighted by Crippen LogP contribution is -2.36. The van der Waals surface area contributed by atoms with Gasteiger partial charge in [-0.2, -0.15) is 0 Å². The molecule has 3 nitrogen and oxygen atoms in total. The Morgan fingerprint density at radius 1 is 1.37 bits per heavy atom. The molecule has 1 amide bonds. The van der Waals surface area contributed by atoms with Gasteiger partial charge in [-0.3, -0.25) is 4.79 Å². The molecule has 1 heterocycles. The van der Waals surface area contributed by atoms with Crippen molar-refractivity contribution in [2.45, 2.75) is 18.5 Å². The molecule has 2 N–H and O–H groups in total. The van der Waals surface area contributed by atoms with Crippen molar-refractivity contribution in [3.63, 3.8) is 0 Å². The Morgan fingerprint density at radius 2 is 2.05 bits per heavy atom. The van der Waals surface area contributed by atoms with Gasteiger partial charge in [0.1, 0.15) is 5.67 Å². The van der Waals surface area contributed by atoms with Crippen LogP contribution in [0, 0.1) is 0 Å². The van der Waals surface area contributed by atoms with Crippen LogP contribution < -0.4 is 10.6 Å². The number of halogens is 3. The summed E-state index contributed by atoms with van der Waals surface area (Å²) >= 11 is 0. The molecule has 6 heteroatoms. The van der Waals surface area contributed by atoms with Gasteiger partial charge in [0.15, 0.2) is 6.67 Å². The van der Waals surface area contributed by atoms with Crippen LogP contribution in [0.5, 0.6) is 0 Å². The second kappa shape index (κ2) is 6.82. The van der Waals surface area contributed by atoms with Crippen LogP contribution in [0.4, 0.5) is 14.5 Å². The number of rotatable bonds is 3. The molecule has 0 aliphatic carbocycles. The van der Waals surface area contributed by atoms with Crippen LogP contribution in [0.3, 0.4) is 0 Å². The van der Waals surface area contributed by atoms with Crippen LogP contribution in [-0.4, -0.2) is 25.7 Å². The van der Waals surface area contributed by atoms with Gasteiger partial charge in [0.25, 0.3) is 5.91 Å². The smallest absolute Gasteiger partial charge is 0.255 e. The Bertz CT molecular complexity index is 436. The minimum atomic E-state index is -1.36. The Kier molecular flexibility index (Phi) is 5.69. The van der Waals surface area contributed by atoms with Crippen molar-refractivity contribution >= 4 is 24.0 Å². The monoisotopic (exact) mass is 290 g/mol. The molecule has 0 aromatic heterocycles. The van der Waals surface area contributed by atoms with Gasteiger partial charge in [0.05, 0.1) is 0 Å². The van der Waals surface area contributed by atoms with Crippen molar-refractivity contribution in [2.24, 2.45) is 0 Å². The maximum Gasteiger partial charge on any atom is 0.255 e. The molecule has 1 aromatic carbocycles. The molecule has 0 unspecified atom stereocenters. The maximum absolute atomic E-state index is 14.7. The molecule has 0 atom stereocenters. The van der Waals surface area contributed by atoms with Gasteiger partial charge in [-0.05, 0) is 43.6 Å². The Hall–Kier alpha value is -1.20. The SMILES string of the molecule is Cl.O=C(CF)Nc1cccc(C2(F)CCNCC2)c1. The summed E-state index contributed by atoms with van der Waals surface area (Å²) in [5, 5.41) is 5.50. The van der Waals surface area contributed by atoms with Crippen molar-refractivity contribution in [3.05, 3.63) is 29.8 Å². The molecule has 1 aromatic rings. The number of carbonyl (C=O) groups excluding carboxylic acids is 1. The molecule has 106 valence electrons. The minimum Gasteiger partial charge on any atom is -0.324 e. The van der Waals surface area contributed by atoms with E-state index in [0.717, 1.165) is 0 Å². The van der Waals surface area contributed by atoms with E-state index in [-0.39, 0.29) is 12.4 Å². The van der Waals surface area contributed by atoms with Crippen molar-refractivity contribution < 1.29 is 13.6 Å². The molecule has 19 heavy (non-hydrogen) atoms. The van der Waals surface area contributed by atoms with E-state index in [1.54, 1.807) is 24.3 Å². The van der Waals surface area contributed by atoms with Crippen molar-refractivity contribution in [1.29, 1.82) is 0 Å². The number of alkyl halides is 2. The molecule has 0 saturated carbocycles. The van der Waals surface area contributed by atoms with Gasteiger partial charge < -0.3 is 10.6 Å². The lowest BCUT2D eigenvalue weighted by atomic mass is 9.87. The van der Waals surface area contributed by atoms with E-state index in [1.807, 2.05) is 0 Å². The maximum atomic E-state index is 14.7. The fraction of sp³-hybridized carbons (Fsp3) is 0.462. The lowest BCUT2D eigenvalue weighted by molar-refractivity contribution is -0.117. The fourth-order valence-electron chi connectivity index (χ4n) is 2.18. The van der Waals surface area contributed by atoms with Crippen LogP contribution in [0.2, 0.25) is 0 Å². The standard InChI is InChI=1S/C13H16F2N2O.ClH/c14-9-12(18)17-11-3-1-2-10(8-11)13(15)4-6-16-7-5-13;/h1-3,8,16H,4-7,9H2,(H,17,18);1H. The zero-order valence-corrected chi connectivity index (χ0v) is 11.2. The van der Waals surface area contributed by atoms with Gasteiger partial charge in [-0.25, -0.2) is 8.78 Å². The highest BCUT2D eigenvalue weighted by Gasteiger charge is 2.33. The quantitative estimate of drug-likeness (QED) is 0.898. The number of carbonyl (C=O) groups is 1. The van der Waals surface area contributed by atoms with E-state index in [2.05, 4.69) is 10.6 Å². The summed E-state index contributed by atoms with van der Waals surface area (Å²) in [7, 11) is 0. The third-order valence-corrected chi connectivity index (χ3v) is 3.18. The highest BCUT2D eigenvalue weighted by Crippen LogP contribution is 2.35. The van der Waals surface area contributed by atoms with Crippen LogP contribution in [0.25, 0.3) is 0 Å². The first-order chi connectivity index (χ1) is 8.64. The average molecular weight is 291 g/mol. The third-order valence-electron chi connectivity index (χ3n) is 3.18. The highest BCUT2D eigenvalue weighted by atomic mass is 35.5. The molecular weight excluding hydrogens is 274 g/mol. The number of anilines is 1. The van der Waals surface area contributed by atoms with Crippen molar-refractivity contribution in [2.75, 3.05) is 25.1 Å². The van der Waals surface area contributed by atoms with Crippen molar-refractivity contribution in [3.8, 4) is 0 Å². The van der Waals surface area contributed by atoms with E-state index >= 15 is 0 Å². The first-order valence-electron chi connectivity index (χ1n) is 6.00. The average Bonchev–Trinajstić information content (AvgIpc) is 2.40. The molecule has 0 bridgehead atoms. The molecule has 0 radical (unpaired) electrons. The van der Waals surface area contributed by atoms with Gasteiger partial charge in [0.2, 0.25) is 0 Å². The second-order valence-corrected chi connectivity index (χ2v) is 4.48. The third kappa shape index (κ3) is 3.88. The van der Waals surface area contributed by atoms with E-state index in [1.165, 1.54) is 0 Å². The second-order valence-electron chi connectivity index (χ2n) is 4.48. The molecule has 1 fully saturated rings. The zero-order valence-electron chi connectivity index (χ0n) is 10.4. The highest BCUT2D eigenvalue weighted by molar-refractivity contribution is 5.91. The molecule has 2 rings (SSSR count). The van der Waals surface area contributed by atoms with E-state index in [0.29, 0.717) is 37.2 Å². The van der Waals surface area contributed by atoms with Crippen LogP contribution in [0.1, 0.15) is 18.4 Å². The summed E-state index contributed by atoms with van der Waals surface area (Å²) in [5.74, 6) is -0.717. The Morgan fingerprint density at radius 3 is 2.68 bits per heavy atom. The topological polar surface area (TPSA) is 41.1 Å². The van der Waals surface area contributed by atoms with Gasteiger partial charge in [0, 0.05) is 5.69 Å². The summed E-state index contributed by atoms with van der Waals surface area (Å²) in [4.78, 5) is 11.0. The van der Waals surface area contributed by atoms with E-state index in [4.69, 9.17) is 0 Å². The number of piperidine rings is 1. The van der Waals surface area contributed by atoms with E-state index < -0.39 is 18.3 Å². The summed E-state index contributed by atoms with van der Waals surface area (Å²) in [6.45, 7) is 0.198. The Balaban J connectivity index is 0.00000180. The predicted octanol–water partition coefficient (Wildman–Crippen LogP) is 2.56. The number of amides is 1. The minimum absolute atomic E-state index is 0. The summed E-state index contributed by atoms with van der Waals surface area (Å²) in [6.07, 6.45) is 0.820. The van der Waals surface area contributed by atoms with Crippen LogP contribution in [0.15, 0.2) is 24.3 Å². The summed E-state index contributed by atoms with van der Waals surface area (Å²) in [5.41, 5.74) is -0.381. The van der Waals surface area contributed by atoms with Gasteiger partial charge in [-0.1, -0.05) is 12.1 Å². The first kappa shape index (κ1) is 15.9. The summed E-state index contributed by atoms with van der Waals surface area (Å²) < 4.78 is 26.8. The zero-order chi connectivity index (χ0) is 13.0. The van der Waals surface area contributed by atoms with Gasteiger partial charge >= 0.3 is 0 Å². The number of nitrogens with one attached hydrogen (secondary N) is 2. The molecule has 1 saturated heterocycles.